The number of hydrogen-bond donors (Lipinski definition) is 2. The molecule has 3 aromatic carbocycles. The second-order valence-electron chi connectivity index (χ2n) is 8.71. The standard InChI is InChI=1S/C29H29N3O5/c1-32(18-20-12-14-22(15-13-20)28(34)36-2)27(33)26(16-23-17-30-25-11-7-6-10-24(23)25)31-29(35)37-19-21-8-4-3-5-9-21/h3-15,17,26,30H,16,18-19H2,1-2H3,(H,31,35)/t26-/m1/s1. The summed E-state index contributed by atoms with van der Waals surface area (Å²) in [4.78, 5) is 42.6. The predicted molar refractivity (Wildman–Crippen MR) is 140 cm³/mol. The third-order valence-electron chi connectivity index (χ3n) is 6.07. The molecular weight excluding hydrogens is 470 g/mol. The largest absolute Gasteiger partial charge is 0.465 e. The van der Waals surface area contributed by atoms with Gasteiger partial charge in [0, 0.05) is 37.1 Å². The van der Waals surface area contributed by atoms with E-state index in [9.17, 15) is 14.4 Å². The molecule has 190 valence electrons. The first-order valence-corrected chi connectivity index (χ1v) is 11.9. The highest BCUT2D eigenvalue weighted by molar-refractivity contribution is 5.90. The number of alkyl carbamates (subject to hydrolysis) is 1. The van der Waals surface area contributed by atoms with Crippen LogP contribution in [-0.4, -0.2) is 48.1 Å². The van der Waals surface area contributed by atoms with E-state index in [0.717, 1.165) is 27.6 Å². The number of para-hydroxylation sites is 1. The van der Waals surface area contributed by atoms with Crippen LogP contribution in [0.2, 0.25) is 0 Å². The lowest BCUT2D eigenvalue weighted by Crippen LogP contribution is -2.48. The van der Waals surface area contributed by atoms with E-state index in [0.29, 0.717) is 12.1 Å². The first-order valence-electron chi connectivity index (χ1n) is 11.9. The summed E-state index contributed by atoms with van der Waals surface area (Å²) in [6.45, 7) is 0.397. The number of fused-ring (bicyclic) bond motifs is 1. The van der Waals surface area contributed by atoms with Crippen LogP contribution in [-0.2, 0) is 33.8 Å². The molecule has 0 aliphatic rings. The van der Waals surface area contributed by atoms with E-state index >= 15 is 0 Å². The molecule has 0 unspecified atom stereocenters. The van der Waals surface area contributed by atoms with Crippen molar-refractivity contribution in [2.75, 3.05) is 14.2 Å². The quantitative estimate of drug-likeness (QED) is 0.332. The van der Waals surface area contributed by atoms with Crippen molar-refractivity contribution in [1.82, 2.24) is 15.2 Å². The SMILES string of the molecule is COC(=O)c1ccc(CN(C)C(=O)[C@@H](Cc2c[nH]c3ccccc23)NC(=O)OCc2ccccc2)cc1. The maximum absolute atomic E-state index is 13.5. The van der Waals surface area contributed by atoms with Crippen LogP contribution in [0.4, 0.5) is 4.79 Å². The molecule has 8 nitrogen and oxygen atoms in total. The van der Waals surface area contributed by atoms with Crippen LogP contribution in [0.25, 0.3) is 10.9 Å². The predicted octanol–water partition coefficient (Wildman–Crippen LogP) is 4.45. The smallest absolute Gasteiger partial charge is 0.408 e. The van der Waals surface area contributed by atoms with Gasteiger partial charge < -0.3 is 24.7 Å². The van der Waals surface area contributed by atoms with Gasteiger partial charge in [0.2, 0.25) is 5.91 Å². The van der Waals surface area contributed by atoms with E-state index in [4.69, 9.17) is 9.47 Å². The number of aromatic amines is 1. The molecule has 1 heterocycles. The Hall–Kier alpha value is -4.59. The van der Waals surface area contributed by atoms with E-state index in [1.54, 1.807) is 36.2 Å². The zero-order chi connectivity index (χ0) is 26.2. The fourth-order valence-electron chi connectivity index (χ4n) is 4.11. The number of esters is 1. The van der Waals surface area contributed by atoms with Gasteiger partial charge in [-0.05, 0) is 34.9 Å². The number of likely N-dealkylation sites (N-methyl/N-ethyl adjacent to an activating group) is 1. The van der Waals surface area contributed by atoms with Crippen LogP contribution in [0.15, 0.2) is 85.1 Å². The molecule has 0 radical (unpaired) electrons. The maximum atomic E-state index is 13.5. The van der Waals surface area contributed by atoms with Crippen LogP contribution in [0, 0.1) is 0 Å². The minimum absolute atomic E-state index is 0.100. The topological polar surface area (TPSA) is 101 Å². The lowest BCUT2D eigenvalue weighted by atomic mass is 10.0. The number of carbonyl (C=O) groups excluding carboxylic acids is 3. The van der Waals surface area contributed by atoms with E-state index in [1.165, 1.54) is 7.11 Å². The van der Waals surface area contributed by atoms with E-state index in [1.807, 2.05) is 60.8 Å². The Bertz CT molecular complexity index is 1370. The Morgan fingerprint density at radius 2 is 1.62 bits per heavy atom. The first-order chi connectivity index (χ1) is 17.9. The van der Waals surface area contributed by atoms with Gasteiger partial charge in [0.1, 0.15) is 12.6 Å². The molecule has 0 aliphatic heterocycles. The van der Waals surface area contributed by atoms with Gasteiger partial charge in [-0.25, -0.2) is 9.59 Å². The van der Waals surface area contributed by atoms with Gasteiger partial charge in [-0.15, -0.1) is 0 Å². The Morgan fingerprint density at radius 3 is 2.35 bits per heavy atom. The average molecular weight is 500 g/mol. The number of amides is 2. The number of nitrogens with zero attached hydrogens (tertiary/aromatic N) is 1. The van der Waals surface area contributed by atoms with Crippen molar-refractivity contribution in [1.29, 1.82) is 0 Å². The van der Waals surface area contributed by atoms with Crippen molar-refractivity contribution in [3.8, 4) is 0 Å². The van der Waals surface area contributed by atoms with Crippen molar-refractivity contribution in [2.24, 2.45) is 0 Å². The highest BCUT2D eigenvalue weighted by Gasteiger charge is 2.26. The number of rotatable bonds is 9. The Kier molecular flexibility index (Phi) is 8.20. The number of hydrogen-bond acceptors (Lipinski definition) is 5. The Balaban J connectivity index is 1.48. The van der Waals surface area contributed by atoms with Gasteiger partial charge in [0.25, 0.3) is 0 Å². The van der Waals surface area contributed by atoms with Crippen molar-refractivity contribution >= 4 is 28.9 Å². The molecule has 2 amide bonds. The van der Waals surface area contributed by atoms with E-state index in [2.05, 4.69) is 10.3 Å². The van der Waals surface area contributed by atoms with Crippen LogP contribution >= 0.6 is 0 Å². The minimum atomic E-state index is -0.846. The fraction of sp³-hybridized carbons (Fsp3) is 0.207. The lowest BCUT2D eigenvalue weighted by molar-refractivity contribution is -0.132. The molecule has 0 saturated carbocycles. The van der Waals surface area contributed by atoms with Crippen molar-refractivity contribution < 1.29 is 23.9 Å². The molecule has 0 bridgehead atoms. The van der Waals surface area contributed by atoms with Crippen molar-refractivity contribution in [2.45, 2.75) is 25.6 Å². The number of methoxy groups -OCH3 is 1. The van der Waals surface area contributed by atoms with Crippen molar-refractivity contribution in [3.63, 3.8) is 0 Å². The minimum Gasteiger partial charge on any atom is -0.465 e. The average Bonchev–Trinajstić information content (AvgIpc) is 3.34. The summed E-state index contributed by atoms with van der Waals surface area (Å²) < 4.78 is 10.1. The monoisotopic (exact) mass is 499 g/mol. The van der Waals surface area contributed by atoms with Crippen LogP contribution in [0.1, 0.15) is 27.0 Å². The van der Waals surface area contributed by atoms with Crippen LogP contribution < -0.4 is 5.32 Å². The van der Waals surface area contributed by atoms with Gasteiger partial charge in [-0.1, -0.05) is 60.7 Å². The number of carbonyl (C=O) groups is 3. The molecule has 0 saturated heterocycles. The molecular formula is C29H29N3O5. The normalized spacial score (nSPS) is 11.5. The molecule has 4 rings (SSSR count). The second-order valence-corrected chi connectivity index (χ2v) is 8.71. The summed E-state index contributed by atoms with van der Waals surface area (Å²) in [5.74, 6) is -0.688. The molecule has 4 aromatic rings. The maximum Gasteiger partial charge on any atom is 0.408 e. The zero-order valence-corrected chi connectivity index (χ0v) is 20.8. The first kappa shape index (κ1) is 25.5. The number of aromatic nitrogens is 1. The summed E-state index contributed by atoms with van der Waals surface area (Å²) in [5, 5.41) is 3.75. The Labute approximate surface area is 215 Å². The highest BCUT2D eigenvalue weighted by Crippen LogP contribution is 2.20. The summed E-state index contributed by atoms with van der Waals surface area (Å²) in [7, 11) is 3.00. The van der Waals surface area contributed by atoms with Gasteiger partial charge >= 0.3 is 12.1 Å². The Morgan fingerprint density at radius 1 is 0.919 bits per heavy atom. The second kappa shape index (κ2) is 11.9. The van der Waals surface area contributed by atoms with Gasteiger partial charge in [0.05, 0.1) is 12.7 Å². The van der Waals surface area contributed by atoms with Gasteiger partial charge in [-0.3, -0.25) is 4.79 Å². The van der Waals surface area contributed by atoms with Crippen LogP contribution in [0.5, 0.6) is 0 Å². The van der Waals surface area contributed by atoms with E-state index < -0.39 is 18.1 Å². The van der Waals surface area contributed by atoms with Crippen LogP contribution in [0.3, 0.4) is 0 Å². The summed E-state index contributed by atoms with van der Waals surface area (Å²) in [6.07, 6.45) is 1.47. The molecule has 1 atom stereocenters. The zero-order valence-electron chi connectivity index (χ0n) is 20.8. The third-order valence-corrected chi connectivity index (χ3v) is 6.07. The molecule has 0 spiro atoms. The molecule has 0 aliphatic carbocycles. The fourth-order valence-corrected chi connectivity index (χ4v) is 4.11. The molecule has 0 fully saturated rings. The number of H-pyrrole nitrogens is 1. The lowest BCUT2D eigenvalue weighted by Gasteiger charge is -2.24. The molecule has 8 heteroatoms. The summed E-state index contributed by atoms with van der Waals surface area (Å²) in [5.41, 5.74) is 3.98. The highest BCUT2D eigenvalue weighted by atomic mass is 16.5. The summed E-state index contributed by atoms with van der Waals surface area (Å²) in [6, 6.07) is 23.2. The molecule has 37 heavy (non-hydrogen) atoms. The molecule has 1 aromatic heterocycles. The van der Waals surface area contributed by atoms with Gasteiger partial charge in [-0.2, -0.15) is 0 Å². The third kappa shape index (κ3) is 6.55. The van der Waals surface area contributed by atoms with Crippen molar-refractivity contribution in [3.05, 3.63) is 107 Å². The number of nitrogens with one attached hydrogen (secondary N) is 2. The molecule has 2 N–H and O–H groups in total. The number of benzene rings is 3. The summed E-state index contributed by atoms with van der Waals surface area (Å²) >= 11 is 0. The number of ether oxygens (including phenoxy) is 2. The van der Waals surface area contributed by atoms with E-state index in [-0.39, 0.29) is 18.9 Å². The van der Waals surface area contributed by atoms with Gasteiger partial charge in [0.15, 0.2) is 0 Å².